The Balaban J connectivity index is 2.60. The molecule has 6 nitrogen and oxygen atoms in total. The third-order valence-electron chi connectivity index (χ3n) is 1.91. The van der Waals surface area contributed by atoms with Crippen LogP contribution in [0.3, 0.4) is 0 Å². The molecule has 0 atom stereocenters. The van der Waals surface area contributed by atoms with Crippen LogP contribution in [0.1, 0.15) is 0 Å². The van der Waals surface area contributed by atoms with E-state index in [1.165, 1.54) is 6.33 Å². The van der Waals surface area contributed by atoms with Crippen molar-refractivity contribution in [3.63, 3.8) is 0 Å². The summed E-state index contributed by atoms with van der Waals surface area (Å²) in [5.41, 5.74) is 0.561. The number of nitrogens with zero attached hydrogens (tertiary/aromatic N) is 2. The summed E-state index contributed by atoms with van der Waals surface area (Å²) in [5, 5.41) is 8.67. The van der Waals surface area contributed by atoms with Crippen LogP contribution < -0.4 is 16.0 Å². The topological polar surface area (TPSA) is 78.9 Å². The van der Waals surface area contributed by atoms with Crippen LogP contribution in [0.4, 0.5) is 11.5 Å². The molecule has 0 fully saturated rings. The lowest BCUT2D eigenvalue weighted by Crippen LogP contribution is -2.30. The first kappa shape index (κ1) is 13.2. The molecule has 0 aliphatic rings. The number of rotatable bonds is 6. The minimum Gasteiger partial charge on any atom is -0.383 e. The molecule has 7 heteroatoms. The van der Waals surface area contributed by atoms with Crippen molar-refractivity contribution in [2.45, 2.75) is 0 Å². The van der Waals surface area contributed by atoms with E-state index < -0.39 is 0 Å². The van der Waals surface area contributed by atoms with E-state index in [1.807, 2.05) is 0 Å². The number of anilines is 2. The molecule has 3 N–H and O–H groups in total. The predicted molar refractivity (Wildman–Crippen MR) is 68.3 cm³/mol. The molecule has 0 aliphatic carbocycles. The second-order valence-corrected chi connectivity index (χ2v) is 3.44. The fraction of sp³-hybridized carbons (Fsp3) is 0.300. The lowest BCUT2D eigenvalue weighted by atomic mass is 10.4. The maximum absolute atomic E-state index is 11.3. The standard InChI is InChI=1S/C10H14ClN5O/c1-3-4-13-7(17)5-14-10-8(12-2)9(11)15-6-16-10/h3,6,12H,1,4-5H2,2H3,(H,13,17)(H,14,15,16). The monoisotopic (exact) mass is 255 g/mol. The third kappa shape index (κ3) is 3.92. The van der Waals surface area contributed by atoms with Gasteiger partial charge in [0.05, 0.1) is 6.54 Å². The SMILES string of the molecule is C=CCNC(=O)CNc1ncnc(Cl)c1NC. The van der Waals surface area contributed by atoms with E-state index in [0.29, 0.717) is 23.2 Å². The average molecular weight is 256 g/mol. The first-order chi connectivity index (χ1) is 8.19. The Kier molecular flexibility index (Phi) is 5.22. The fourth-order valence-electron chi connectivity index (χ4n) is 1.13. The van der Waals surface area contributed by atoms with Gasteiger partial charge in [0.2, 0.25) is 5.91 Å². The van der Waals surface area contributed by atoms with Crippen molar-refractivity contribution in [2.75, 3.05) is 30.8 Å². The quantitative estimate of drug-likeness (QED) is 0.520. The number of carbonyl (C=O) groups is 1. The lowest BCUT2D eigenvalue weighted by molar-refractivity contribution is -0.119. The largest absolute Gasteiger partial charge is 0.383 e. The molecular weight excluding hydrogens is 242 g/mol. The van der Waals surface area contributed by atoms with E-state index in [2.05, 4.69) is 32.5 Å². The van der Waals surface area contributed by atoms with E-state index in [4.69, 9.17) is 11.6 Å². The van der Waals surface area contributed by atoms with Crippen molar-refractivity contribution in [2.24, 2.45) is 0 Å². The summed E-state index contributed by atoms with van der Waals surface area (Å²) in [4.78, 5) is 19.2. The van der Waals surface area contributed by atoms with Crippen molar-refractivity contribution in [3.8, 4) is 0 Å². The summed E-state index contributed by atoms with van der Waals surface area (Å²) >= 11 is 5.86. The zero-order chi connectivity index (χ0) is 12.7. The van der Waals surface area contributed by atoms with Gasteiger partial charge in [0.15, 0.2) is 11.0 Å². The highest BCUT2D eigenvalue weighted by Crippen LogP contribution is 2.24. The highest BCUT2D eigenvalue weighted by atomic mass is 35.5. The zero-order valence-corrected chi connectivity index (χ0v) is 10.2. The van der Waals surface area contributed by atoms with Crippen LogP contribution in [0.25, 0.3) is 0 Å². The highest BCUT2D eigenvalue weighted by molar-refractivity contribution is 6.32. The van der Waals surface area contributed by atoms with E-state index in [-0.39, 0.29) is 12.5 Å². The predicted octanol–water partition coefficient (Wildman–Crippen LogP) is 0.886. The van der Waals surface area contributed by atoms with Crippen molar-refractivity contribution in [1.29, 1.82) is 0 Å². The van der Waals surface area contributed by atoms with E-state index in [0.717, 1.165) is 0 Å². The molecule has 0 spiro atoms. The van der Waals surface area contributed by atoms with Crippen molar-refractivity contribution in [3.05, 3.63) is 24.1 Å². The Morgan fingerprint density at radius 1 is 1.59 bits per heavy atom. The molecule has 0 saturated carbocycles. The number of hydrogen-bond donors (Lipinski definition) is 3. The second-order valence-electron chi connectivity index (χ2n) is 3.08. The number of amides is 1. The molecule has 0 saturated heterocycles. The minimum absolute atomic E-state index is 0.107. The molecule has 0 aromatic carbocycles. The number of aromatic nitrogens is 2. The summed E-state index contributed by atoms with van der Waals surface area (Å²) < 4.78 is 0. The van der Waals surface area contributed by atoms with Crippen molar-refractivity contribution >= 4 is 29.0 Å². The van der Waals surface area contributed by atoms with Crippen LogP contribution >= 0.6 is 11.6 Å². The van der Waals surface area contributed by atoms with Gasteiger partial charge in [0.25, 0.3) is 0 Å². The van der Waals surface area contributed by atoms with E-state index in [9.17, 15) is 4.79 Å². The fourth-order valence-corrected chi connectivity index (χ4v) is 1.36. The Bertz CT molecular complexity index is 410. The Morgan fingerprint density at radius 2 is 2.35 bits per heavy atom. The maximum atomic E-state index is 11.3. The van der Waals surface area contributed by atoms with Gasteiger partial charge in [-0.15, -0.1) is 6.58 Å². The Labute approximate surface area is 104 Å². The van der Waals surface area contributed by atoms with Crippen LogP contribution in [0.2, 0.25) is 5.15 Å². The smallest absolute Gasteiger partial charge is 0.239 e. The molecule has 17 heavy (non-hydrogen) atoms. The highest BCUT2D eigenvalue weighted by Gasteiger charge is 2.08. The summed E-state index contributed by atoms with van der Waals surface area (Å²) in [5.74, 6) is 0.336. The van der Waals surface area contributed by atoms with Gasteiger partial charge in [-0.2, -0.15) is 0 Å². The molecule has 92 valence electrons. The minimum atomic E-state index is -0.151. The van der Waals surface area contributed by atoms with Gasteiger partial charge in [0, 0.05) is 13.6 Å². The van der Waals surface area contributed by atoms with Gasteiger partial charge >= 0.3 is 0 Å². The molecule has 1 aromatic heterocycles. The van der Waals surface area contributed by atoms with Crippen molar-refractivity contribution in [1.82, 2.24) is 15.3 Å². The Morgan fingerprint density at radius 3 is 3.00 bits per heavy atom. The number of halogens is 1. The first-order valence-corrected chi connectivity index (χ1v) is 5.36. The van der Waals surface area contributed by atoms with Crippen molar-refractivity contribution < 1.29 is 4.79 Å². The van der Waals surface area contributed by atoms with E-state index >= 15 is 0 Å². The molecule has 1 heterocycles. The number of carbonyl (C=O) groups excluding carboxylic acids is 1. The Hall–Kier alpha value is -1.82. The normalized spacial score (nSPS) is 9.53. The summed E-state index contributed by atoms with van der Waals surface area (Å²) in [6, 6.07) is 0. The summed E-state index contributed by atoms with van der Waals surface area (Å²) in [7, 11) is 1.70. The van der Waals surface area contributed by atoms with Crippen LogP contribution in [-0.2, 0) is 4.79 Å². The number of nitrogens with one attached hydrogen (secondary N) is 3. The maximum Gasteiger partial charge on any atom is 0.239 e. The second kappa shape index (κ2) is 6.70. The van der Waals surface area contributed by atoms with Gasteiger partial charge < -0.3 is 16.0 Å². The third-order valence-corrected chi connectivity index (χ3v) is 2.20. The zero-order valence-electron chi connectivity index (χ0n) is 9.46. The van der Waals surface area contributed by atoms with Crippen LogP contribution in [0, 0.1) is 0 Å². The molecular formula is C10H14ClN5O. The molecule has 0 radical (unpaired) electrons. The van der Waals surface area contributed by atoms with Gasteiger partial charge in [0.1, 0.15) is 12.0 Å². The van der Waals surface area contributed by atoms with E-state index in [1.54, 1.807) is 13.1 Å². The van der Waals surface area contributed by atoms with Gasteiger partial charge in [-0.05, 0) is 0 Å². The number of hydrogen-bond acceptors (Lipinski definition) is 5. The van der Waals surface area contributed by atoms with Gasteiger partial charge in [-0.3, -0.25) is 4.79 Å². The van der Waals surface area contributed by atoms with Crippen LogP contribution in [0.15, 0.2) is 19.0 Å². The van der Waals surface area contributed by atoms with Gasteiger partial charge in [-0.1, -0.05) is 17.7 Å². The summed E-state index contributed by atoms with van der Waals surface area (Å²) in [6.45, 7) is 4.05. The van der Waals surface area contributed by atoms with Gasteiger partial charge in [-0.25, -0.2) is 9.97 Å². The lowest BCUT2D eigenvalue weighted by Gasteiger charge is -2.10. The first-order valence-electron chi connectivity index (χ1n) is 4.98. The summed E-state index contributed by atoms with van der Waals surface area (Å²) in [6.07, 6.45) is 2.94. The molecule has 0 bridgehead atoms. The average Bonchev–Trinajstić information content (AvgIpc) is 2.33. The molecule has 1 aromatic rings. The van der Waals surface area contributed by atoms with Crippen LogP contribution in [0.5, 0.6) is 0 Å². The molecule has 1 rings (SSSR count). The van der Waals surface area contributed by atoms with Crippen LogP contribution in [-0.4, -0.2) is 36.0 Å². The molecule has 0 unspecified atom stereocenters. The molecule has 1 amide bonds. The molecule has 0 aliphatic heterocycles.